The molecular weight excluding hydrogens is 298 g/mol. The summed E-state index contributed by atoms with van der Waals surface area (Å²) < 4.78 is 0. The van der Waals surface area contributed by atoms with E-state index >= 15 is 0 Å². The number of piperidine rings is 1. The summed E-state index contributed by atoms with van der Waals surface area (Å²) in [5.74, 6) is 0.997. The molecule has 0 radical (unpaired) electrons. The van der Waals surface area contributed by atoms with E-state index in [2.05, 4.69) is 56.4 Å². The highest BCUT2D eigenvalue weighted by Crippen LogP contribution is 2.22. The minimum Gasteiger partial charge on any atom is -0.382 e. The third-order valence-corrected chi connectivity index (χ3v) is 4.52. The molecule has 0 saturated carbocycles. The first kappa shape index (κ1) is 14.9. The van der Waals surface area contributed by atoms with Crippen molar-refractivity contribution in [3.8, 4) is 0 Å². The van der Waals surface area contributed by atoms with Crippen LogP contribution in [0.4, 0.5) is 11.5 Å². The lowest BCUT2D eigenvalue weighted by Gasteiger charge is -2.33. The molecule has 5 nitrogen and oxygen atoms in total. The number of pyridine rings is 1. The number of benzene rings is 1. The van der Waals surface area contributed by atoms with E-state index in [9.17, 15) is 0 Å². The molecule has 2 aromatic heterocycles. The van der Waals surface area contributed by atoms with Crippen LogP contribution >= 0.6 is 0 Å². The van der Waals surface area contributed by atoms with E-state index in [-0.39, 0.29) is 0 Å². The summed E-state index contributed by atoms with van der Waals surface area (Å²) in [5, 5.41) is 3.65. The number of anilines is 2. The lowest BCUT2D eigenvalue weighted by atomic mass is 10.0. The van der Waals surface area contributed by atoms with Crippen molar-refractivity contribution >= 4 is 22.7 Å². The summed E-state index contributed by atoms with van der Waals surface area (Å²) in [7, 11) is 0. The summed E-state index contributed by atoms with van der Waals surface area (Å²) >= 11 is 0. The zero-order chi connectivity index (χ0) is 16.4. The SMILES string of the molecule is Cc1cccc(NC2CCN(c3ccc4nccnc4n3)CC2)c1. The Hall–Kier alpha value is -2.69. The lowest BCUT2D eigenvalue weighted by molar-refractivity contribution is 0.524. The van der Waals surface area contributed by atoms with Gasteiger partial charge in [-0.15, -0.1) is 0 Å². The van der Waals surface area contributed by atoms with Crippen LogP contribution < -0.4 is 10.2 Å². The highest BCUT2D eigenvalue weighted by Gasteiger charge is 2.20. The maximum atomic E-state index is 4.65. The molecule has 0 amide bonds. The molecule has 1 fully saturated rings. The van der Waals surface area contributed by atoms with E-state index in [1.54, 1.807) is 12.4 Å². The van der Waals surface area contributed by atoms with Gasteiger partial charge >= 0.3 is 0 Å². The minimum atomic E-state index is 0.517. The topological polar surface area (TPSA) is 53.9 Å². The molecule has 3 aromatic rings. The Morgan fingerprint density at radius 3 is 2.71 bits per heavy atom. The summed E-state index contributed by atoms with van der Waals surface area (Å²) in [5.41, 5.74) is 4.07. The fourth-order valence-corrected chi connectivity index (χ4v) is 3.24. The number of fused-ring (bicyclic) bond motifs is 1. The molecule has 1 aliphatic heterocycles. The summed E-state index contributed by atoms with van der Waals surface area (Å²) in [6, 6.07) is 13.1. The molecule has 0 bridgehead atoms. The van der Waals surface area contributed by atoms with Crippen LogP contribution in [-0.4, -0.2) is 34.1 Å². The third kappa shape index (κ3) is 3.15. The van der Waals surface area contributed by atoms with Gasteiger partial charge < -0.3 is 10.2 Å². The van der Waals surface area contributed by atoms with Gasteiger partial charge in [0, 0.05) is 37.2 Å². The minimum absolute atomic E-state index is 0.517. The van der Waals surface area contributed by atoms with Crippen LogP contribution in [0.15, 0.2) is 48.8 Å². The van der Waals surface area contributed by atoms with Crippen LogP contribution in [0.25, 0.3) is 11.2 Å². The number of hydrogen-bond donors (Lipinski definition) is 1. The number of hydrogen-bond acceptors (Lipinski definition) is 5. The van der Waals surface area contributed by atoms with Crippen molar-refractivity contribution < 1.29 is 0 Å². The van der Waals surface area contributed by atoms with Gasteiger partial charge in [-0.05, 0) is 49.6 Å². The first-order valence-corrected chi connectivity index (χ1v) is 8.44. The number of nitrogens with one attached hydrogen (secondary N) is 1. The fraction of sp³-hybridized carbons (Fsp3) is 0.316. The molecule has 1 aromatic carbocycles. The molecule has 4 rings (SSSR count). The monoisotopic (exact) mass is 319 g/mol. The molecule has 1 saturated heterocycles. The normalized spacial score (nSPS) is 15.6. The Bertz CT molecular complexity index is 840. The molecule has 0 aliphatic carbocycles. The van der Waals surface area contributed by atoms with Crippen LogP contribution in [0.5, 0.6) is 0 Å². The van der Waals surface area contributed by atoms with Crippen LogP contribution in [0.3, 0.4) is 0 Å². The molecule has 0 atom stereocenters. The van der Waals surface area contributed by atoms with Crippen molar-refractivity contribution in [2.45, 2.75) is 25.8 Å². The van der Waals surface area contributed by atoms with Gasteiger partial charge in [-0.2, -0.15) is 0 Å². The van der Waals surface area contributed by atoms with Crippen molar-refractivity contribution in [3.63, 3.8) is 0 Å². The van der Waals surface area contributed by atoms with E-state index in [4.69, 9.17) is 0 Å². The quantitative estimate of drug-likeness (QED) is 0.802. The predicted octanol–water partition coefficient (Wildman–Crippen LogP) is 3.41. The van der Waals surface area contributed by atoms with E-state index < -0.39 is 0 Å². The second-order valence-electron chi connectivity index (χ2n) is 6.34. The third-order valence-electron chi connectivity index (χ3n) is 4.52. The van der Waals surface area contributed by atoms with Crippen molar-refractivity contribution in [2.75, 3.05) is 23.3 Å². The average Bonchev–Trinajstić information content (AvgIpc) is 2.62. The molecule has 1 aliphatic rings. The summed E-state index contributed by atoms with van der Waals surface area (Å²) in [4.78, 5) is 15.6. The zero-order valence-corrected chi connectivity index (χ0v) is 13.8. The lowest BCUT2D eigenvalue weighted by Crippen LogP contribution is -2.39. The van der Waals surface area contributed by atoms with Gasteiger partial charge in [-0.1, -0.05) is 12.1 Å². The van der Waals surface area contributed by atoms with Gasteiger partial charge in [0.25, 0.3) is 0 Å². The van der Waals surface area contributed by atoms with Crippen molar-refractivity contribution in [3.05, 3.63) is 54.4 Å². The van der Waals surface area contributed by atoms with Gasteiger partial charge in [-0.25, -0.2) is 9.97 Å². The number of nitrogens with zero attached hydrogens (tertiary/aromatic N) is 4. The van der Waals surface area contributed by atoms with Crippen LogP contribution in [0.2, 0.25) is 0 Å². The Morgan fingerprint density at radius 1 is 1.04 bits per heavy atom. The van der Waals surface area contributed by atoms with Crippen LogP contribution in [0.1, 0.15) is 18.4 Å². The Labute approximate surface area is 141 Å². The highest BCUT2D eigenvalue weighted by atomic mass is 15.2. The molecule has 0 unspecified atom stereocenters. The second kappa shape index (κ2) is 6.43. The molecule has 5 heteroatoms. The Balaban J connectivity index is 1.41. The van der Waals surface area contributed by atoms with Gasteiger partial charge in [0.2, 0.25) is 0 Å². The summed E-state index contributed by atoms with van der Waals surface area (Å²) in [6.45, 7) is 4.13. The standard InChI is InChI=1S/C19H21N5/c1-14-3-2-4-16(13-14)22-15-7-11-24(12-8-15)18-6-5-17-19(23-18)21-10-9-20-17/h2-6,9-10,13,15,22H,7-8,11-12H2,1H3. The highest BCUT2D eigenvalue weighted by molar-refractivity contribution is 5.71. The van der Waals surface area contributed by atoms with Crippen LogP contribution in [0, 0.1) is 6.92 Å². The number of aromatic nitrogens is 3. The van der Waals surface area contributed by atoms with Gasteiger partial charge in [0.05, 0.1) is 0 Å². The van der Waals surface area contributed by atoms with E-state index in [0.717, 1.165) is 42.9 Å². The first-order valence-electron chi connectivity index (χ1n) is 8.44. The molecule has 1 N–H and O–H groups in total. The van der Waals surface area contributed by atoms with Crippen molar-refractivity contribution in [1.82, 2.24) is 15.0 Å². The molecule has 122 valence electrons. The largest absolute Gasteiger partial charge is 0.382 e. The number of rotatable bonds is 3. The fourth-order valence-electron chi connectivity index (χ4n) is 3.24. The van der Waals surface area contributed by atoms with Gasteiger partial charge in [-0.3, -0.25) is 4.98 Å². The zero-order valence-electron chi connectivity index (χ0n) is 13.8. The smallest absolute Gasteiger partial charge is 0.180 e. The number of aryl methyl sites for hydroxylation is 1. The maximum Gasteiger partial charge on any atom is 0.180 e. The molecule has 3 heterocycles. The molecule has 24 heavy (non-hydrogen) atoms. The predicted molar refractivity (Wildman–Crippen MR) is 97.4 cm³/mol. The van der Waals surface area contributed by atoms with Crippen LogP contribution in [-0.2, 0) is 0 Å². The van der Waals surface area contributed by atoms with E-state index in [1.807, 2.05) is 12.1 Å². The average molecular weight is 319 g/mol. The second-order valence-corrected chi connectivity index (χ2v) is 6.34. The molecular formula is C19H21N5. The van der Waals surface area contributed by atoms with Gasteiger partial charge in [0.15, 0.2) is 5.65 Å². The summed E-state index contributed by atoms with van der Waals surface area (Å²) in [6.07, 6.45) is 5.60. The first-order chi connectivity index (χ1) is 11.8. The van der Waals surface area contributed by atoms with E-state index in [1.165, 1.54) is 11.3 Å². The van der Waals surface area contributed by atoms with E-state index in [0.29, 0.717) is 6.04 Å². The Kier molecular flexibility index (Phi) is 3.99. The van der Waals surface area contributed by atoms with Crippen molar-refractivity contribution in [2.24, 2.45) is 0 Å². The van der Waals surface area contributed by atoms with Gasteiger partial charge in [0.1, 0.15) is 11.3 Å². The Morgan fingerprint density at radius 2 is 1.88 bits per heavy atom. The van der Waals surface area contributed by atoms with Crippen molar-refractivity contribution in [1.29, 1.82) is 0 Å². The maximum absolute atomic E-state index is 4.65. The molecule has 0 spiro atoms.